The van der Waals surface area contributed by atoms with Crippen LogP contribution in [0.3, 0.4) is 0 Å². The van der Waals surface area contributed by atoms with Gasteiger partial charge in [0.25, 0.3) is 0 Å². The summed E-state index contributed by atoms with van der Waals surface area (Å²) in [6.45, 7) is 9.26. The molecule has 3 heterocycles. The molecular weight excluding hydrogens is 348 g/mol. The summed E-state index contributed by atoms with van der Waals surface area (Å²) in [5.74, 6) is 0.914. The molecule has 7 heteroatoms. The monoisotopic (exact) mass is 373 g/mol. The smallest absolute Gasteiger partial charge is 0.399 e. The molecule has 2 aromatic rings. The molecule has 0 bridgehead atoms. The zero-order valence-corrected chi connectivity index (χ0v) is 16.5. The predicted molar refractivity (Wildman–Crippen MR) is 105 cm³/mol. The Balaban J connectivity index is 1.55. The number of rotatable bonds is 3. The first-order valence-corrected chi connectivity index (χ1v) is 9.59. The van der Waals surface area contributed by atoms with E-state index in [1.807, 2.05) is 24.3 Å². The van der Waals surface area contributed by atoms with Gasteiger partial charge in [-0.3, -0.25) is 0 Å². The fourth-order valence-corrected chi connectivity index (χ4v) is 3.67. The van der Waals surface area contributed by atoms with Gasteiger partial charge in [0, 0.05) is 5.56 Å². The minimum Gasteiger partial charge on any atom is -0.399 e. The van der Waals surface area contributed by atoms with Crippen LogP contribution in [-0.4, -0.2) is 34.8 Å². The Bertz CT molecular complexity index is 782. The lowest BCUT2D eigenvalue weighted by atomic mass is 9.79. The summed E-state index contributed by atoms with van der Waals surface area (Å²) in [6.07, 6.45) is 2.26. The fourth-order valence-electron chi connectivity index (χ4n) is 3.42. The van der Waals surface area contributed by atoms with Gasteiger partial charge in [0.2, 0.25) is 0 Å². The van der Waals surface area contributed by atoms with Gasteiger partial charge in [-0.25, -0.2) is 4.98 Å². The van der Waals surface area contributed by atoms with E-state index in [0.29, 0.717) is 5.15 Å². The number of nitrogens with zero attached hydrogens (tertiary/aromatic N) is 1. The van der Waals surface area contributed by atoms with Crippen molar-refractivity contribution in [3.05, 3.63) is 35.2 Å². The summed E-state index contributed by atoms with van der Waals surface area (Å²) < 4.78 is 12.2. The maximum absolute atomic E-state index is 6.40. The van der Waals surface area contributed by atoms with E-state index in [2.05, 4.69) is 38.0 Å². The van der Waals surface area contributed by atoms with Gasteiger partial charge in [-0.2, -0.15) is 0 Å². The Morgan fingerprint density at radius 1 is 1.12 bits per heavy atom. The van der Waals surface area contributed by atoms with Crippen molar-refractivity contribution < 1.29 is 9.31 Å². The molecule has 2 aliphatic heterocycles. The zero-order valence-electron chi connectivity index (χ0n) is 15.7. The van der Waals surface area contributed by atoms with Crippen molar-refractivity contribution in [3.8, 4) is 11.3 Å². The van der Waals surface area contributed by atoms with Crippen LogP contribution in [0, 0.1) is 0 Å². The third-order valence-corrected chi connectivity index (χ3v) is 6.05. The number of nitrogens with one attached hydrogen (secondary N) is 2. The van der Waals surface area contributed by atoms with E-state index < -0.39 is 0 Å². The first-order valence-electron chi connectivity index (χ1n) is 9.22. The van der Waals surface area contributed by atoms with Gasteiger partial charge in [0.05, 0.1) is 17.2 Å². The summed E-state index contributed by atoms with van der Waals surface area (Å²) >= 11 is 6.40. The van der Waals surface area contributed by atoms with E-state index in [0.717, 1.165) is 35.5 Å². The SMILES string of the molecule is CC1(C)OB(c2ccc(-c3nc(C4CCCN4)[nH]c3Cl)cc2)OC1(C)C. The second-order valence-corrected chi connectivity index (χ2v) is 8.52. The molecule has 2 aliphatic rings. The van der Waals surface area contributed by atoms with Gasteiger partial charge >= 0.3 is 7.12 Å². The number of hydrogen-bond acceptors (Lipinski definition) is 4. The summed E-state index contributed by atoms with van der Waals surface area (Å²) in [5.41, 5.74) is 2.08. The third kappa shape index (κ3) is 3.09. The van der Waals surface area contributed by atoms with E-state index in [-0.39, 0.29) is 24.4 Å². The average Bonchev–Trinajstić information content (AvgIpc) is 3.27. The fraction of sp³-hybridized carbons (Fsp3) is 0.526. The van der Waals surface area contributed by atoms with Gasteiger partial charge in [-0.05, 0) is 52.5 Å². The van der Waals surface area contributed by atoms with Crippen molar-refractivity contribution in [3.63, 3.8) is 0 Å². The van der Waals surface area contributed by atoms with E-state index in [1.165, 1.54) is 6.42 Å². The number of H-pyrrole nitrogens is 1. The van der Waals surface area contributed by atoms with Crippen molar-refractivity contribution in [1.82, 2.24) is 15.3 Å². The van der Waals surface area contributed by atoms with Crippen LogP contribution < -0.4 is 10.8 Å². The van der Waals surface area contributed by atoms with Gasteiger partial charge < -0.3 is 19.6 Å². The molecule has 26 heavy (non-hydrogen) atoms. The highest BCUT2D eigenvalue weighted by molar-refractivity contribution is 6.62. The van der Waals surface area contributed by atoms with Crippen LogP contribution >= 0.6 is 11.6 Å². The van der Waals surface area contributed by atoms with Crippen LogP contribution in [0.25, 0.3) is 11.3 Å². The van der Waals surface area contributed by atoms with Gasteiger partial charge in [0.15, 0.2) is 0 Å². The molecule has 1 aromatic carbocycles. The average molecular weight is 374 g/mol. The Kier molecular flexibility index (Phi) is 4.43. The molecule has 1 aromatic heterocycles. The van der Waals surface area contributed by atoms with E-state index in [1.54, 1.807) is 0 Å². The summed E-state index contributed by atoms with van der Waals surface area (Å²) in [4.78, 5) is 7.94. The lowest BCUT2D eigenvalue weighted by molar-refractivity contribution is 0.00578. The maximum Gasteiger partial charge on any atom is 0.494 e. The van der Waals surface area contributed by atoms with Crippen LogP contribution in [0.15, 0.2) is 24.3 Å². The summed E-state index contributed by atoms with van der Waals surface area (Å²) in [5, 5.41) is 4.02. The topological polar surface area (TPSA) is 59.2 Å². The molecule has 0 aliphatic carbocycles. The largest absolute Gasteiger partial charge is 0.494 e. The predicted octanol–water partition coefficient (Wildman–Crippen LogP) is 3.45. The highest BCUT2D eigenvalue weighted by Crippen LogP contribution is 2.36. The molecule has 2 fully saturated rings. The van der Waals surface area contributed by atoms with Crippen molar-refractivity contribution in [1.29, 1.82) is 0 Å². The van der Waals surface area contributed by atoms with Crippen LogP contribution in [0.1, 0.15) is 52.4 Å². The highest BCUT2D eigenvalue weighted by atomic mass is 35.5. The van der Waals surface area contributed by atoms with Crippen molar-refractivity contribution in [2.45, 2.75) is 57.8 Å². The summed E-state index contributed by atoms with van der Waals surface area (Å²) in [7, 11) is -0.359. The Morgan fingerprint density at radius 2 is 1.77 bits per heavy atom. The molecule has 5 nitrogen and oxygen atoms in total. The molecule has 1 atom stereocenters. The Hall–Kier alpha value is -1.34. The number of hydrogen-bond donors (Lipinski definition) is 2. The first-order chi connectivity index (χ1) is 12.3. The third-order valence-electron chi connectivity index (χ3n) is 5.78. The van der Waals surface area contributed by atoms with E-state index >= 15 is 0 Å². The number of imidazole rings is 1. The maximum atomic E-state index is 6.40. The number of halogens is 1. The number of benzene rings is 1. The van der Waals surface area contributed by atoms with Gasteiger partial charge in [0.1, 0.15) is 16.7 Å². The van der Waals surface area contributed by atoms with Crippen LogP contribution in [0.4, 0.5) is 0 Å². The molecule has 0 amide bonds. The van der Waals surface area contributed by atoms with Crippen molar-refractivity contribution >= 4 is 24.2 Å². The standard InChI is InChI=1S/C19H25BClN3O2/c1-18(2)19(3,4)26-20(25-18)13-9-7-12(8-10-13)15-16(21)24-17(23-15)14-6-5-11-22-14/h7-10,14,22H,5-6,11H2,1-4H3,(H,23,24). The zero-order chi connectivity index (χ0) is 18.5. The number of aromatic amines is 1. The second kappa shape index (κ2) is 6.38. The molecule has 2 saturated heterocycles. The Morgan fingerprint density at radius 3 is 2.35 bits per heavy atom. The molecule has 0 spiro atoms. The molecule has 138 valence electrons. The Labute approximate surface area is 160 Å². The van der Waals surface area contributed by atoms with Gasteiger partial charge in [-0.15, -0.1) is 0 Å². The van der Waals surface area contributed by atoms with Crippen LogP contribution in [-0.2, 0) is 9.31 Å². The first kappa shape index (κ1) is 18.0. The lowest BCUT2D eigenvalue weighted by Gasteiger charge is -2.32. The summed E-state index contributed by atoms with van der Waals surface area (Å²) in [6, 6.07) is 8.36. The molecule has 2 N–H and O–H groups in total. The van der Waals surface area contributed by atoms with Crippen LogP contribution in [0.2, 0.25) is 5.15 Å². The second-order valence-electron chi connectivity index (χ2n) is 8.14. The number of aromatic nitrogens is 2. The highest BCUT2D eigenvalue weighted by Gasteiger charge is 2.51. The van der Waals surface area contributed by atoms with Crippen molar-refractivity contribution in [2.24, 2.45) is 0 Å². The minimum atomic E-state index is -0.359. The van der Waals surface area contributed by atoms with Crippen molar-refractivity contribution in [2.75, 3.05) is 6.54 Å². The molecule has 4 rings (SSSR count). The quantitative estimate of drug-likeness (QED) is 0.809. The van der Waals surface area contributed by atoms with Gasteiger partial charge in [-0.1, -0.05) is 35.9 Å². The molecule has 1 unspecified atom stereocenters. The molecule has 0 saturated carbocycles. The lowest BCUT2D eigenvalue weighted by Crippen LogP contribution is -2.41. The van der Waals surface area contributed by atoms with E-state index in [9.17, 15) is 0 Å². The molecule has 0 radical (unpaired) electrons. The minimum absolute atomic E-state index is 0.269. The normalized spacial score (nSPS) is 24.3. The van der Waals surface area contributed by atoms with E-state index in [4.69, 9.17) is 25.9 Å². The molecular formula is C19H25BClN3O2. The van der Waals surface area contributed by atoms with Crippen LogP contribution in [0.5, 0.6) is 0 Å².